The van der Waals surface area contributed by atoms with Crippen LogP contribution in [0.2, 0.25) is 0 Å². The standard InChI is InChI=1S/C14H8O8S2.Fe/c15-12-7-3-1-2-4-8(7)13(16)11-9(12)5-6-10(23(17,18)19)14(11)24(20,21)22;/h1-6H,(H,17,18,19)(H,20,21,22);. The van der Waals surface area contributed by atoms with Crippen molar-refractivity contribution in [1.82, 2.24) is 0 Å². The Morgan fingerprint density at radius 1 is 0.680 bits per heavy atom. The van der Waals surface area contributed by atoms with Gasteiger partial charge in [0.25, 0.3) is 20.2 Å². The van der Waals surface area contributed by atoms with Gasteiger partial charge in [0.1, 0.15) is 9.79 Å². The molecule has 0 spiro atoms. The minimum Gasteiger partial charge on any atom is -0.289 e. The smallest absolute Gasteiger partial charge is 0.289 e. The Kier molecular flexibility index (Phi) is 4.77. The van der Waals surface area contributed by atoms with E-state index < -0.39 is 47.2 Å². The average Bonchev–Trinajstić information content (AvgIpc) is 2.49. The molecule has 0 aliphatic heterocycles. The van der Waals surface area contributed by atoms with E-state index in [2.05, 4.69) is 0 Å². The number of hydrogen-bond donors (Lipinski definition) is 2. The van der Waals surface area contributed by atoms with Gasteiger partial charge in [-0.3, -0.25) is 18.7 Å². The van der Waals surface area contributed by atoms with Gasteiger partial charge in [0.05, 0.1) is 5.56 Å². The van der Waals surface area contributed by atoms with Crippen LogP contribution in [0.15, 0.2) is 46.2 Å². The van der Waals surface area contributed by atoms with Gasteiger partial charge in [-0.15, -0.1) is 0 Å². The number of rotatable bonds is 2. The Bertz CT molecular complexity index is 1130. The van der Waals surface area contributed by atoms with Crippen LogP contribution < -0.4 is 0 Å². The maximum absolute atomic E-state index is 12.6. The summed E-state index contributed by atoms with van der Waals surface area (Å²) in [5.74, 6) is -1.65. The first-order valence-electron chi connectivity index (χ1n) is 6.34. The van der Waals surface area contributed by atoms with E-state index in [1.165, 1.54) is 24.3 Å². The summed E-state index contributed by atoms with van der Waals surface area (Å²) in [6, 6.07) is 7.15. The first-order chi connectivity index (χ1) is 11.0. The molecular weight excluding hydrogens is 416 g/mol. The summed E-state index contributed by atoms with van der Waals surface area (Å²) >= 11 is 0. The minimum absolute atomic E-state index is 0. The van der Waals surface area contributed by atoms with Crippen molar-refractivity contribution in [3.8, 4) is 0 Å². The molecule has 132 valence electrons. The third kappa shape index (κ3) is 3.06. The summed E-state index contributed by atoms with van der Waals surface area (Å²) in [6.45, 7) is 0. The molecule has 1 aliphatic rings. The van der Waals surface area contributed by atoms with E-state index in [9.17, 15) is 35.5 Å². The molecule has 11 heteroatoms. The van der Waals surface area contributed by atoms with Crippen molar-refractivity contribution < 1.29 is 52.6 Å². The van der Waals surface area contributed by atoms with Crippen LogP contribution in [0.5, 0.6) is 0 Å². The van der Waals surface area contributed by atoms with Crippen molar-refractivity contribution in [3.63, 3.8) is 0 Å². The number of carbonyl (C=O) groups is 2. The van der Waals surface area contributed by atoms with Gasteiger partial charge in [0.2, 0.25) is 0 Å². The molecule has 3 rings (SSSR count). The van der Waals surface area contributed by atoms with Gasteiger partial charge < -0.3 is 0 Å². The predicted octanol–water partition coefficient (Wildman–Crippen LogP) is 0.953. The first kappa shape index (κ1) is 19.4. The zero-order valence-electron chi connectivity index (χ0n) is 12.0. The topological polar surface area (TPSA) is 143 Å². The van der Waals surface area contributed by atoms with Crippen molar-refractivity contribution in [2.45, 2.75) is 9.79 Å². The number of carbonyl (C=O) groups excluding carboxylic acids is 2. The number of ketones is 2. The van der Waals surface area contributed by atoms with E-state index >= 15 is 0 Å². The van der Waals surface area contributed by atoms with Gasteiger partial charge in [-0.2, -0.15) is 16.8 Å². The maximum Gasteiger partial charge on any atom is 0.296 e. The Morgan fingerprint density at radius 2 is 1.20 bits per heavy atom. The van der Waals surface area contributed by atoms with Crippen molar-refractivity contribution in [2.24, 2.45) is 0 Å². The molecule has 0 saturated heterocycles. The van der Waals surface area contributed by atoms with Crippen molar-refractivity contribution >= 4 is 31.8 Å². The molecule has 2 aromatic rings. The van der Waals surface area contributed by atoms with Crippen LogP contribution in [0.1, 0.15) is 31.8 Å². The van der Waals surface area contributed by atoms with Gasteiger partial charge in [-0.25, -0.2) is 0 Å². The Morgan fingerprint density at radius 3 is 1.68 bits per heavy atom. The Hall–Kier alpha value is -1.88. The summed E-state index contributed by atoms with van der Waals surface area (Å²) in [5.41, 5.74) is -1.27. The number of fused-ring (bicyclic) bond motifs is 2. The van der Waals surface area contributed by atoms with Gasteiger partial charge >= 0.3 is 0 Å². The van der Waals surface area contributed by atoms with Gasteiger partial charge in [-0.05, 0) is 12.1 Å². The third-order valence-electron chi connectivity index (χ3n) is 3.55. The minimum atomic E-state index is -5.23. The van der Waals surface area contributed by atoms with Gasteiger partial charge in [0.15, 0.2) is 11.6 Å². The molecule has 25 heavy (non-hydrogen) atoms. The molecule has 0 aromatic heterocycles. The van der Waals surface area contributed by atoms with Crippen LogP contribution in [0, 0.1) is 0 Å². The zero-order valence-corrected chi connectivity index (χ0v) is 14.7. The summed E-state index contributed by atoms with van der Waals surface area (Å²) < 4.78 is 64.7. The van der Waals surface area contributed by atoms with E-state index in [1.54, 1.807) is 0 Å². The molecule has 0 amide bonds. The van der Waals surface area contributed by atoms with Gasteiger partial charge in [-0.1, -0.05) is 24.3 Å². The summed E-state index contributed by atoms with van der Waals surface area (Å²) in [5, 5.41) is 0. The molecule has 0 fully saturated rings. The summed E-state index contributed by atoms with van der Waals surface area (Å²) in [7, 11) is -10.3. The predicted molar refractivity (Wildman–Crippen MR) is 79.4 cm³/mol. The fourth-order valence-corrected chi connectivity index (χ4v) is 4.59. The normalized spacial score (nSPS) is 13.7. The Labute approximate surface area is 152 Å². The molecule has 1 aliphatic carbocycles. The third-order valence-corrected chi connectivity index (χ3v) is 5.51. The second kappa shape index (κ2) is 6.13. The van der Waals surface area contributed by atoms with Crippen molar-refractivity contribution in [3.05, 3.63) is 58.7 Å². The van der Waals surface area contributed by atoms with E-state index in [0.29, 0.717) is 6.07 Å². The number of benzene rings is 2. The molecule has 0 heterocycles. The fraction of sp³-hybridized carbons (Fsp3) is 0. The fourth-order valence-electron chi connectivity index (χ4n) is 2.60. The van der Waals surface area contributed by atoms with Crippen molar-refractivity contribution in [2.75, 3.05) is 0 Å². The maximum atomic E-state index is 12.6. The molecular formula is C14H8FeO8S2. The van der Waals surface area contributed by atoms with E-state index in [-0.39, 0.29) is 33.8 Å². The molecule has 0 unspecified atom stereocenters. The first-order valence-corrected chi connectivity index (χ1v) is 9.22. The van der Waals surface area contributed by atoms with E-state index in [0.717, 1.165) is 6.07 Å². The van der Waals surface area contributed by atoms with E-state index in [4.69, 9.17) is 0 Å². The van der Waals surface area contributed by atoms with Crippen LogP contribution in [0.4, 0.5) is 0 Å². The zero-order chi connectivity index (χ0) is 17.9. The SMILES string of the molecule is O=C1c2ccccc2C(=O)c2c1ccc(S(=O)(=O)O)c2S(=O)(=O)O.[Fe]. The molecule has 8 nitrogen and oxygen atoms in total. The second-order valence-electron chi connectivity index (χ2n) is 4.97. The molecule has 2 N–H and O–H groups in total. The quantitative estimate of drug-likeness (QED) is 0.457. The van der Waals surface area contributed by atoms with Crippen LogP contribution in [-0.2, 0) is 37.3 Å². The van der Waals surface area contributed by atoms with Crippen molar-refractivity contribution in [1.29, 1.82) is 0 Å². The van der Waals surface area contributed by atoms with Crippen LogP contribution >= 0.6 is 0 Å². The summed E-state index contributed by atoms with van der Waals surface area (Å²) in [6.07, 6.45) is 0. The monoisotopic (exact) mass is 424 g/mol. The largest absolute Gasteiger partial charge is 0.296 e. The number of hydrogen-bond acceptors (Lipinski definition) is 6. The molecule has 0 radical (unpaired) electrons. The Balaban J connectivity index is 0.00000225. The summed E-state index contributed by atoms with van der Waals surface area (Å²) in [4.78, 5) is 22.6. The van der Waals surface area contributed by atoms with Crippen LogP contribution in [-0.4, -0.2) is 37.5 Å². The molecule has 0 bridgehead atoms. The van der Waals surface area contributed by atoms with Crippen LogP contribution in [0.25, 0.3) is 0 Å². The molecule has 2 aromatic carbocycles. The average molecular weight is 424 g/mol. The second-order valence-corrected chi connectivity index (χ2v) is 7.72. The molecule has 0 saturated carbocycles. The molecule has 0 atom stereocenters. The van der Waals surface area contributed by atoms with E-state index in [1.807, 2.05) is 0 Å². The van der Waals surface area contributed by atoms with Crippen LogP contribution in [0.3, 0.4) is 0 Å². The van der Waals surface area contributed by atoms with Gasteiger partial charge in [0, 0.05) is 33.8 Å².